The molecule has 28 heavy (non-hydrogen) atoms. The minimum atomic E-state index is -0.444. The van der Waals surface area contributed by atoms with E-state index < -0.39 is 4.92 Å². The van der Waals surface area contributed by atoms with E-state index in [4.69, 9.17) is 0 Å². The minimum Gasteiger partial charge on any atom is -0.379 e. The second-order valence-electron chi connectivity index (χ2n) is 6.98. The third-order valence-electron chi connectivity index (χ3n) is 4.87. The highest BCUT2D eigenvalue weighted by Gasteiger charge is 2.22. The predicted octanol–water partition coefficient (Wildman–Crippen LogP) is 1.46. The van der Waals surface area contributed by atoms with Gasteiger partial charge in [0.1, 0.15) is 5.69 Å². The van der Waals surface area contributed by atoms with Crippen LogP contribution in [0.1, 0.15) is 26.7 Å². The normalized spacial score (nSPS) is 15.7. The Balaban J connectivity index is 1.71. The van der Waals surface area contributed by atoms with E-state index in [1.54, 1.807) is 23.1 Å². The molecule has 0 aromatic heterocycles. The average Bonchev–Trinajstić information content (AvgIpc) is 2.68. The lowest BCUT2D eigenvalue weighted by atomic mass is 10.2. The highest BCUT2D eigenvalue weighted by Crippen LogP contribution is 2.22. The van der Waals surface area contributed by atoms with Crippen LogP contribution in [0.4, 0.5) is 11.4 Å². The number of piperazine rings is 1. The Morgan fingerprint density at radius 2 is 1.89 bits per heavy atom. The van der Waals surface area contributed by atoms with Crippen molar-refractivity contribution in [3.05, 3.63) is 34.4 Å². The first-order valence-corrected chi connectivity index (χ1v) is 9.67. The van der Waals surface area contributed by atoms with Crippen LogP contribution in [-0.2, 0) is 9.59 Å². The summed E-state index contributed by atoms with van der Waals surface area (Å²) in [5.41, 5.74) is 0.414. The number of benzene rings is 1. The number of anilines is 1. The number of hydrogen-bond donors (Lipinski definition) is 2. The molecule has 1 saturated heterocycles. The largest absolute Gasteiger partial charge is 0.379 e. The standard InChI is InChI=1S/C19H29N5O4/c1-3-15(2)21-18(25)14-22-10-12-23(13-11-22)19(26)8-9-20-16-6-4-5-7-17(16)24(27)28/h4-7,15,20H,3,8-14H2,1-2H3,(H,21,25). The van der Waals surface area contributed by atoms with Crippen LogP contribution < -0.4 is 10.6 Å². The molecular weight excluding hydrogens is 362 g/mol. The molecule has 2 amide bonds. The predicted molar refractivity (Wildman–Crippen MR) is 107 cm³/mol. The van der Waals surface area contributed by atoms with Gasteiger partial charge in [-0.1, -0.05) is 19.1 Å². The molecule has 0 bridgehead atoms. The molecule has 1 aliphatic heterocycles. The van der Waals surface area contributed by atoms with Crippen LogP contribution in [0, 0.1) is 10.1 Å². The lowest BCUT2D eigenvalue weighted by Crippen LogP contribution is -2.51. The highest BCUT2D eigenvalue weighted by molar-refractivity contribution is 5.79. The smallest absolute Gasteiger partial charge is 0.292 e. The second-order valence-corrected chi connectivity index (χ2v) is 6.98. The van der Waals surface area contributed by atoms with E-state index in [0.717, 1.165) is 6.42 Å². The fourth-order valence-electron chi connectivity index (χ4n) is 3.03. The van der Waals surface area contributed by atoms with Gasteiger partial charge >= 0.3 is 0 Å². The van der Waals surface area contributed by atoms with Crippen LogP contribution in [0.3, 0.4) is 0 Å². The van der Waals surface area contributed by atoms with E-state index in [2.05, 4.69) is 10.6 Å². The van der Waals surface area contributed by atoms with Crippen molar-refractivity contribution in [3.63, 3.8) is 0 Å². The summed E-state index contributed by atoms with van der Waals surface area (Å²) in [5, 5.41) is 16.9. The lowest BCUT2D eigenvalue weighted by Gasteiger charge is -2.34. The first-order chi connectivity index (χ1) is 13.4. The van der Waals surface area contributed by atoms with Crippen molar-refractivity contribution >= 4 is 23.2 Å². The van der Waals surface area contributed by atoms with E-state index in [-0.39, 0.29) is 30.0 Å². The van der Waals surface area contributed by atoms with Crippen LogP contribution in [0.5, 0.6) is 0 Å². The molecule has 0 aliphatic carbocycles. The quantitative estimate of drug-likeness (QED) is 0.487. The number of nitro benzene ring substituents is 1. The van der Waals surface area contributed by atoms with Crippen molar-refractivity contribution in [1.29, 1.82) is 0 Å². The number of amides is 2. The van der Waals surface area contributed by atoms with Crippen molar-refractivity contribution in [3.8, 4) is 0 Å². The maximum Gasteiger partial charge on any atom is 0.292 e. The third kappa shape index (κ3) is 6.49. The van der Waals surface area contributed by atoms with Crippen LogP contribution in [0.15, 0.2) is 24.3 Å². The topological polar surface area (TPSA) is 108 Å². The molecule has 0 radical (unpaired) electrons. The summed E-state index contributed by atoms with van der Waals surface area (Å²) in [6.45, 7) is 7.19. The van der Waals surface area contributed by atoms with Crippen LogP contribution in [0.25, 0.3) is 0 Å². The molecule has 1 atom stereocenters. The van der Waals surface area contributed by atoms with E-state index in [9.17, 15) is 19.7 Å². The molecule has 9 heteroatoms. The Labute approximate surface area is 165 Å². The number of nitro groups is 1. The fourth-order valence-corrected chi connectivity index (χ4v) is 3.03. The number of carbonyl (C=O) groups is 2. The molecule has 2 rings (SSSR count). The molecule has 9 nitrogen and oxygen atoms in total. The van der Waals surface area contributed by atoms with Crippen molar-refractivity contribution < 1.29 is 14.5 Å². The molecule has 1 unspecified atom stereocenters. The SMILES string of the molecule is CCC(C)NC(=O)CN1CCN(C(=O)CCNc2ccccc2[N+](=O)[O-])CC1. The number of nitrogens with zero attached hydrogens (tertiary/aromatic N) is 3. The average molecular weight is 391 g/mol. The first-order valence-electron chi connectivity index (χ1n) is 9.67. The number of carbonyl (C=O) groups excluding carboxylic acids is 2. The molecule has 1 aliphatic rings. The Morgan fingerprint density at radius 1 is 1.21 bits per heavy atom. The van der Waals surface area contributed by atoms with Gasteiger partial charge in [-0.2, -0.15) is 0 Å². The van der Waals surface area contributed by atoms with Crippen molar-refractivity contribution in [2.45, 2.75) is 32.7 Å². The maximum atomic E-state index is 12.4. The van der Waals surface area contributed by atoms with Gasteiger partial charge < -0.3 is 15.5 Å². The molecule has 0 spiro atoms. The van der Waals surface area contributed by atoms with E-state index in [0.29, 0.717) is 45.0 Å². The maximum absolute atomic E-state index is 12.4. The number of rotatable bonds is 9. The monoisotopic (exact) mass is 391 g/mol. The zero-order valence-electron chi connectivity index (χ0n) is 16.5. The van der Waals surface area contributed by atoms with Crippen molar-refractivity contribution in [1.82, 2.24) is 15.1 Å². The molecule has 1 aromatic carbocycles. The minimum absolute atomic E-state index is 0.000712. The first kappa shape index (κ1) is 21.6. The lowest BCUT2D eigenvalue weighted by molar-refractivity contribution is -0.384. The molecule has 154 valence electrons. The Hall–Kier alpha value is -2.68. The number of hydrogen-bond acceptors (Lipinski definition) is 6. The van der Waals surface area contributed by atoms with Gasteiger partial charge in [0.05, 0.1) is 11.5 Å². The molecule has 1 fully saturated rings. The summed E-state index contributed by atoms with van der Waals surface area (Å²) < 4.78 is 0. The number of para-hydroxylation sites is 2. The summed E-state index contributed by atoms with van der Waals surface area (Å²) in [5.74, 6) is 0.0255. The van der Waals surface area contributed by atoms with Crippen LogP contribution in [-0.4, -0.2) is 71.8 Å². The summed E-state index contributed by atoms with van der Waals surface area (Å²) in [6.07, 6.45) is 1.16. The van der Waals surface area contributed by atoms with Crippen molar-refractivity contribution in [2.75, 3.05) is 44.6 Å². The molecule has 1 heterocycles. The summed E-state index contributed by atoms with van der Waals surface area (Å²) in [6, 6.07) is 6.56. The van der Waals surface area contributed by atoms with E-state index >= 15 is 0 Å². The molecule has 0 saturated carbocycles. The van der Waals surface area contributed by atoms with Gasteiger partial charge in [0.15, 0.2) is 0 Å². The second kappa shape index (κ2) is 10.6. The Bertz CT molecular complexity index is 689. The zero-order valence-corrected chi connectivity index (χ0v) is 16.5. The van der Waals surface area contributed by atoms with E-state index in [1.165, 1.54) is 6.07 Å². The van der Waals surface area contributed by atoms with Gasteiger partial charge in [-0.3, -0.25) is 24.6 Å². The van der Waals surface area contributed by atoms with Gasteiger partial charge in [-0.25, -0.2) is 0 Å². The third-order valence-corrected chi connectivity index (χ3v) is 4.87. The molecule has 1 aromatic rings. The van der Waals surface area contributed by atoms with Crippen molar-refractivity contribution in [2.24, 2.45) is 0 Å². The number of nitrogens with one attached hydrogen (secondary N) is 2. The van der Waals surface area contributed by atoms with Gasteiger partial charge in [0.25, 0.3) is 5.69 Å². The van der Waals surface area contributed by atoms with Crippen LogP contribution >= 0.6 is 0 Å². The zero-order chi connectivity index (χ0) is 20.5. The van der Waals surface area contributed by atoms with Gasteiger partial charge in [0, 0.05) is 51.3 Å². The van der Waals surface area contributed by atoms with Gasteiger partial charge in [0.2, 0.25) is 11.8 Å². The Kier molecular flexibility index (Phi) is 8.19. The molecular formula is C19H29N5O4. The molecule has 2 N–H and O–H groups in total. The van der Waals surface area contributed by atoms with Gasteiger partial charge in [-0.15, -0.1) is 0 Å². The summed E-state index contributed by atoms with van der Waals surface area (Å²) in [7, 11) is 0. The van der Waals surface area contributed by atoms with E-state index in [1.807, 2.05) is 18.7 Å². The Morgan fingerprint density at radius 3 is 2.54 bits per heavy atom. The van der Waals surface area contributed by atoms with Crippen LogP contribution in [0.2, 0.25) is 0 Å². The van der Waals surface area contributed by atoms with Gasteiger partial charge in [-0.05, 0) is 19.4 Å². The fraction of sp³-hybridized carbons (Fsp3) is 0.579. The summed E-state index contributed by atoms with van der Waals surface area (Å²) >= 11 is 0. The highest BCUT2D eigenvalue weighted by atomic mass is 16.6. The summed E-state index contributed by atoms with van der Waals surface area (Å²) in [4.78, 5) is 38.7.